The van der Waals surface area contributed by atoms with Crippen LogP contribution in [0.3, 0.4) is 0 Å². The molecule has 3 heteroatoms. The molecule has 3 aromatic rings. The van der Waals surface area contributed by atoms with E-state index in [-0.39, 0.29) is 11.9 Å². The van der Waals surface area contributed by atoms with Gasteiger partial charge in [-0.3, -0.25) is 4.79 Å². The van der Waals surface area contributed by atoms with Gasteiger partial charge in [0.2, 0.25) is 0 Å². The molecule has 130 valence electrons. The van der Waals surface area contributed by atoms with Gasteiger partial charge in [-0.1, -0.05) is 54.6 Å². The van der Waals surface area contributed by atoms with Gasteiger partial charge in [0, 0.05) is 0 Å². The van der Waals surface area contributed by atoms with E-state index < -0.39 is 0 Å². The molecule has 0 spiro atoms. The van der Waals surface area contributed by atoms with E-state index in [4.69, 9.17) is 4.74 Å². The molecule has 3 aromatic carbocycles. The minimum atomic E-state index is -0.0989. The molecule has 0 bridgehead atoms. The fourth-order valence-corrected chi connectivity index (χ4v) is 3.50. The van der Waals surface area contributed by atoms with E-state index in [0.29, 0.717) is 11.3 Å². The van der Waals surface area contributed by atoms with Gasteiger partial charge in [0.15, 0.2) is 0 Å². The maximum absolute atomic E-state index is 12.9. The lowest BCUT2D eigenvalue weighted by molar-refractivity contribution is 0.0930. The molecule has 0 unspecified atom stereocenters. The van der Waals surface area contributed by atoms with Gasteiger partial charge in [-0.25, -0.2) is 0 Å². The summed E-state index contributed by atoms with van der Waals surface area (Å²) < 4.78 is 5.93. The third-order valence-electron chi connectivity index (χ3n) is 4.78. The summed E-state index contributed by atoms with van der Waals surface area (Å²) in [5, 5.41) is 3.20. The van der Waals surface area contributed by atoms with Crippen molar-refractivity contribution in [1.82, 2.24) is 5.32 Å². The monoisotopic (exact) mass is 343 g/mol. The first kappa shape index (κ1) is 16.4. The second-order valence-corrected chi connectivity index (χ2v) is 6.53. The Morgan fingerprint density at radius 1 is 0.885 bits per heavy atom. The first-order valence-corrected chi connectivity index (χ1v) is 9.02. The zero-order valence-corrected chi connectivity index (χ0v) is 14.5. The van der Waals surface area contributed by atoms with Crippen LogP contribution >= 0.6 is 0 Å². The standard InChI is InChI=1S/C23H21NO2/c25-23(24-21-15-8-10-17-9-4-5-13-19(17)21)20-14-6-7-16-22(20)26-18-11-2-1-3-12-18/h1-7,9,11-14,16,21H,8,10,15H2,(H,24,25)/t21-/m0/s1. The van der Waals surface area contributed by atoms with Gasteiger partial charge in [-0.05, 0) is 54.7 Å². The first-order chi connectivity index (χ1) is 12.8. The summed E-state index contributed by atoms with van der Waals surface area (Å²) in [4.78, 5) is 12.9. The van der Waals surface area contributed by atoms with E-state index >= 15 is 0 Å². The molecular formula is C23H21NO2. The number of benzene rings is 3. The van der Waals surface area contributed by atoms with Gasteiger partial charge in [-0.2, -0.15) is 0 Å². The second kappa shape index (κ2) is 7.44. The van der Waals surface area contributed by atoms with Gasteiger partial charge in [0.1, 0.15) is 11.5 Å². The number of aryl methyl sites for hydroxylation is 1. The molecule has 0 aliphatic heterocycles. The Kier molecular flexibility index (Phi) is 4.69. The number of hydrogen-bond donors (Lipinski definition) is 1. The van der Waals surface area contributed by atoms with Gasteiger partial charge < -0.3 is 10.1 Å². The van der Waals surface area contributed by atoms with Gasteiger partial charge in [-0.15, -0.1) is 0 Å². The van der Waals surface area contributed by atoms with Crippen molar-refractivity contribution in [2.24, 2.45) is 0 Å². The molecule has 1 aliphatic carbocycles. The fourth-order valence-electron chi connectivity index (χ4n) is 3.50. The van der Waals surface area contributed by atoms with Crippen LogP contribution in [0.2, 0.25) is 0 Å². The minimum Gasteiger partial charge on any atom is -0.457 e. The van der Waals surface area contributed by atoms with Crippen LogP contribution in [-0.4, -0.2) is 5.91 Å². The zero-order chi connectivity index (χ0) is 17.8. The largest absolute Gasteiger partial charge is 0.457 e. The van der Waals surface area contributed by atoms with Gasteiger partial charge >= 0.3 is 0 Å². The average molecular weight is 343 g/mol. The summed E-state index contributed by atoms with van der Waals surface area (Å²) in [6, 6.07) is 25.3. The molecule has 26 heavy (non-hydrogen) atoms. The van der Waals surface area contributed by atoms with Crippen LogP contribution in [0.5, 0.6) is 11.5 Å². The normalized spacial score (nSPS) is 15.8. The van der Waals surface area contributed by atoms with Crippen LogP contribution < -0.4 is 10.1 Å². The molecule has 0 saturated heterocycles. The van der Waals surface area contributed by atoms with Crippen LogP contribution in [0.1, 0.15) is 40.4 Å². The number of para-hydroxylation sites is 2. The number of fused-ring (bicyclic) bond motifs is 1. The average Bonchev–Trinajstić information content (AvgIpc) is 2.69. The number of rotatable bonds is 4. The Labute approximate surface area is 153 Å². The maximum atomic E-state index is 12.9. The van der Waals surface area contributed by atoms with E-state index in [0.717, 1.165) is 25.0 Å². The summed E-state index contributed by atoms with van der Waals surface area (Å²) in [5.41, 5.74) is 3.12. The number of carbonyl (C=O) groups excluding carboxylic acids is 1. The van der Waals surface area contributed by atoms with Gasteiger partial charge in [0.05, 0.1) is 11.6 Å². The first-order valence-electron chi connectivity index (χ1n) is 9.02. The quantitative estimate of drug-likeness (QED) is 0.699. The van der Waals surface area contributed by atoms with E-state index in [1.807, 2.05) is 60.7 Å². The molecule has 1 aliphatic rings. The third kappa shape index (κ3) is 3.47. The summed E-state index contributed by atoms with van der Waals surface area (Å²) in [6.45, 7) is 0. The summed E-state index contributed by atoms with van der Waals surface area (Å²) >= 11 is 0. The molecule has 1 atom stereocenters. The highest BCUT2D eigenvalue weighted by Gasteiger charge is 2.23. The molecule has 1 amide bonds. The van der Waals surface area contributed by atoms with Crippen LogP contribution in [0.4, 0.5) is 0 Å². The SMILES string of the molecule is O=C(N[C@H]1CCCc2ccccc21)c1ccccc1Oc1ccccc1. The van der Waals surface area contributed by atoms with Gasteiger partial charge in [0.25, 0.3) is 5.91 Å². The van der Waals surface area contributed by atoms with Crippen molar-refractivity contribution in [2.45, 2.75) is 25.3 Å². The number of ether oxygens (including phenoxy) is 1. The van der Waals surface area contributed by atoms with Crippen molar-refractivity contribution in [3.05, 3.63) is 95.6 Å². The smallest absolute Gasteiger partial charge is 0.255 e. The van der Waals surface area contributed by atoms with Crippen molar-refractivity contribution < 1.29 is 9.53 Å². The molecule has 0 radical (unpaired) electrons. The number of hydrogen-bond acceptors (Lipinski definition) is 2. The van der Waals surface area contributed by atoms with E-state index in [9.17, 15) is 4.79 Å². The van der Waals surface area contributed by atoms with Crippen molar-refractivity contribution >= 4 is 5.91 Å². The molecular weight excluding hydrogens is 322 g/mol. The fraction of sp³-hybridized carbons (Fsp3) is 0.174. The summed E-state index contributed by atoms with van der Waals surface area (Å²) in [7, 11) is 0. The Morgan fingerprint density at radius 3 is 2.50 bits per heavy atom. The Morgan fingerprint density at radius 2 is 1.62 bits per heavy atom. The molecule has 0 saturated carbocycles. The Hall–Kier alpha value is -3.07. The van der Waals surface area contributed by atoms with E-state index in [1.54, 1.807) is 0 Å². The second-order valence-electron chi connectivity index (χ2n) is 6.53. The van der Waals surface area contributed by atoms with Crippen molar-refractivity contribution in [3.63, 3.8) is 0 Å². The Balaban J connectivity index is 1.56. The maximum Gasteiger partial charge on any atom is 0.255 e. The molecule has 0 aromatic heterocycles. The molecule has 3 nitrogen and oxygen atoms in total. The number of amides is 1. The molecule has 1 N–H and O–H groups in total. The predicted molar refractivity (Wildman–Crippen MR) is 103 cm³/mol. The molecule has 4 rings (SSSR count). The molecule has 0 fully saturated rings. The predicted octanol–water partition coefficient (Wildman–Crippen LogP) is 5.29. The lowest BCUT2D eigenvalue weighted by Gasteiger charge is -2.26. The highest BCUT2D eigenvalue weighted by atomic mass is 16.5. The lowest BCUT2D eigenvalue weighted by atomic mass is 9.87. The van der Waals surface area contributed by atoms with Crippen LogP contribution in [-0.2, 0) is 6.42 Å². The highest BCUT2D eigenvalue weighted by molar-refractivity contribution is 5.97. The minimum absolute atomic E-state index is 0.0530. The van der Waals surface area contributed by atoms with Crippen molar-refractivity contribution in [2.75, 3.05) is 0 Å². The third-order valence-corrected chi connectivity index (χ3v) is 4.78. The van der Waals surface area contributed by atoms with E-state index in [1.165, 1.54) is 11.1 Å². The Bertz CT molecular complexity index is 905. The van der Waals surface area contributed by atoms with Crippen LogP contribution in [0, 0.1) is 0 Å². The summed E-state index contributed by atoms with van der Waals surface area (Å²) in [6.07, 6.45) is 3.13. The zero-order valence-electron chi connectivity index (χ0n) is 14.5. The molecule has 0 heterocycles. The summed E-state index contributed by atoms with van der Waals surface area (Å²) in [5.74, 6) is 1.19. The van der Waals surface area contributed by atoms with Crippen molar-refractivity contribution in [3.8, 4) is 11.5 Å². The highest BCUT2D eigenvalue weighted by Crippen LogP contribution is 2.31. The van der Waals surface area contributed by atoms with Crippen LogP contribution in [0.25, 0.3) is 0 Å². The van der Waals surface area contributed by atoms with E-state index in [2.05, 4.69) is 23.5 Å². The number of nitrogens with one attached hydrogen (secondary N) is 1. The van der Waals surface area contributed by atoms with Crippen LogP contribution in [0.15, 0.2) is 78.9 Å². The topological polar surface area (TPSA) is 38.3 Å². The lowest BCUT2D eigenvalue weighted by Crippen LogP contribution is -2.31. The number of carbonyl (C=O) groups is 1. The van der Waals surface area contributed by atoms with Crippen molar-refractivity contribution in [1.29, 1.82) is 0 Å².